The first kappa shape index (κ1) is 19.3. The Balaban J connectivity index is 1.70. The quantitative estimate of drug-likeness (QED) is 0.786. The molecule has 2 aromatic heterocycles. The van der Waals surface area contributed by atoms with Crippen molar-refractivity contribution >= 4 is 16.9 Å². The van der Waals surface area contributed by atoms with Crippen LogP contribution < -0.4 is 10.1 Å². The highest BCUT2D eigenvalue weighted by molar-refractivity contribution is 5.86. The van der Waals surface area contributed by atoms with E-state index >= 15 is 0 Å². The van der Waals surface area contributed by atoms with Crippen LogP contribution in [0.4, 0.5) is 5.95 Å². The van der Waals surface area contributed by atoms with E-state index in [9.17, 15) is 5.11 Å². The minimum absolute atomic E-state index is 0.0331. The summed E-state index contributed by atoms with van der Waals surface area (Å²) in [5.74, 6) is 1.64. The molecule has 4 rings (SSSR count). The molecule has 0 amide bonds. The second kappa shape index (κ2) is 9.01. The Bertz CT molecular complexity index is 789. The van der Waals surface area contributed by atoms with Crippen molar-refractivity contribution in [3.8, 4) is 5.88 Å². The van der Waals surface area contributed by atoms with E-state index in [0.29, 0.717) is 17.7 Å². The molecule has 2 N–H and O–H groups in total. The van der Waals surface area contributed by atoms with E-state index in [1.807, 2.05) is 19.3 Å². The molecule has 7 heteroatoms. The number of pyridine rings is 1. The minimum atomic E-state index is -0.102. The number of ether oxygens (including phenoxy) is 2. The van der Waals surface area contributed by atoms with Gasteiger partial charge in [-0.1, -0.05) is 19.3 Å². The molecule has 152 valence electrons. The van der Waals surface area contributed by atoms with Crippen LogP contribution in [0.3, 0.4) is 0 Å². The highest BCUT2D eigenvalue weighted by Crippen LogP contribution is 2.37. The Morgan fingerprint density at radius 3 is 2.68 bits per heavy atom. The molecule has 28 heavy (non-hydrogen) atoms. The summed E-state index contributed by atoms with van der Waals surface area (Å²) >= 11 is 0. The van der Waals surface area contributed by atoms with Gasteiger partial charge >= 0.3 is 0 Å². The second-order valence-electron chi connectivity index (χ2n) is 7.97. The van der Waals surface area contributed by atoms with Crippen LogP contribution in [0.1, 0.15) is 63.4 Å². The number of aromatic nitrogens is 3. The normalized spacial score (nSPS) is 20.2. The van der Waals surface area contributed by atoms with E-state index in [-0.39, 0.29) is 18.8 Å². The summed E-state index contributed by atoms with van der Waals surface area (Å²) in [7, 11) is 0. The van der Waals surface area contributed by atoms with Gasteiger partial charge in [-0.15, -0.1) is 0 Å². The molecule has 1 unspecified atom stereocenters. The maximum atomic E-state index is 9.34. The SMILES string of the molecule is CC(CO)Nc1ncc2c(OC3CCOCC3)ncc(C3CCCCC3)c2n1. The molecule has 1 saturated carbocycles. The van der Waals surface area contributed by atoms with Crippen molar-refractivity contribution in [1.29, 1.82) is 0 Å². The van der Waals surface area contributed by atoms with Gasteiger partial charge in [-0.25, -0.2) is 15.0 Å². The molecule has 1 aliphatic heterocycles. The Kier molecular flexibility index (Phi) is 6.22. The van der Waals surface area contributed by atoms with Crippen LogP contribution in [0.15, 0.2) is 12.4 Å². The van der Waals surface area contributed by atoms with Crippen molar-refractivity contribution in [3.63, 3.8) is 0 Å². The predicted octanol–water partition coefficient (Wildman–Crippen LogP) is 3.42. The van der Waals surface area contributed by atoms with Crippen LogP contribution in [0, 0.1) is 0 Å². The Hall–Kier alpha value is -1.99. The van der Waals surface area contributed by atoms with Gasteiger partial charge in [0.25, 0.3) is 0 Å². The molecule has 7 nitrogen and oxygen atoms in total. The highest BCUT2D eigenvalue weighted by Gasteiger charge is 2.23. The lowest BCUT2D eigenvalue weighted by Crippen LogP contribution is -2.26. The molecule has 1 saturated heterocycles. The van der Waals surface area contributed by atoms with Gasteiger partial charge in [-0.05, 0) is 25.7 Å². The van der Waals surface area contributed by atoms with E-state index < -0.39 is 0 Å². The van der Waals surface area contributed by atoms with E-state index in [0.717, 1.165) is 37.0 Å². The van der Waals surface area contributed by atoms with Crippen molar-refractivity contribution in [2.45, 2.75) is 69.9 Å². The van der Waals surface area contributed by atoms with Crippen molar-refractivity contribution in [2.24, 2.45) is 0 Å². The summed E-state index contributed by atoms with van der Waals surface area (Å²) in [5.41, 5.74) is 2.11. The number of aliphatic hydroxyl groups is 1. The van der Waals surface area contributed by atoms with E-state index in [1.54, 1.807) is 0 Å². The first-order valence-corrected chi connectivity index (χ1v) is 10.5. The predicted molar refractivity (Wildman–Crippen MR) is 108 cm³/mol. The fourth-order valence-corrected chi connectivity index (χ4v) is 4.11. The average Bonchev–Trinajstić information content (AvgIpc) is 2.75. The Labute approximate surface area is 165 Å². The maximum absolute atomic E-state index is 9.34. The van der Waals surface area contributed by atoms with Gasteiger partial charge in [0.2, 0.25) is 11.8 Å². The van der Waals surface area contributed by atoms with Gasteiger partial charge in [0.15, 0.2) is 0 Å². The van der Waals surface area contributed by atoms with E-state index in [2.05, 4.69) is 15.3 Å². The van der Waals surface area contributed by atoms with Gasteiger partial charge in [0.05, 0.1) is 30.7 Å². The summed E-state index contributed by atoms with van der Waals surface area (Å²) in [6, 6.07) is -0.102. The number of fused-ring (bicyclic) bond motifs is 1. The zero-order valence-corrected chi connectivity index (χ0v) is 16.6. The van der Waals surface area contributed by atoms with Crippen LogP contribution in [-0.2, 0) is 4.74 Å². The van der Waals surface area contributed by atoms with Crippen LogP contribution in [0.5, 0.6) is 5.88 Å². The molecule has 3 heterocycles. The van der Waals surface area contributed by atoms with Gasteiger partial charge in [0.1, 0.15) is 6.10 Å². The number of hydrogen-bond acceptors (Lipinski definition) is 7. The number of anilines is 1. The molecule has 1 atom stereocenters. The zero-order chi connectivity index (χ0) is 19.3. The lowest BCUT2D eigenvalue weighted by molar-refractivity contribution is 0.0244. The van der Waals surface area contributed by atoms with Gasteiger partial charge in [-0.2, -0.15) is 0 Å². The summed E-state index contributed by atoms with van der Waals surface area (Å²) in [4.78, 5) is 14.0. The lowest BCUT2D eigenvalue weighted by Gasteiger charge is -2.25. The molecule has 2 fully saturated rings. The van der Waals surface area contributed by atoms with E-state index in [1.165, 1.54) is 37.7 Å². The largest absolute Gasteiger partial charge is 0.474 e. The third kappa shape index (κ3) is 4.36. The van der Waals surface area contributed by atoms with Crippen molar-refractivity contribution < 1.29 is 14.6 Å². The van der Waals surface area contributed by atoms with Gasteiger partial charge in [-0.3, -0.25) is 0 Å². The molecule has 0 bridgehead atoms. The summed E-state index contributed by atoms with van der Waals surface area (Å²) < 4.78 is 11.7. The number of rotatable bonds is 6. The third-order valence-electron chi connectivity index (χ3n) is 5.75. The molecule has 2 aromatic rings. The average molecular weight is 386 g/mol. The maximum Gasteiger partial charge on any atom is 0.224 e. The van der Waals surface area contributed by atoms with Crippen LogP contribution in [0.2, 0.25) is 0 Å². The van der Waals surface area contributed by atoms with Gasteiger partial charge in [0, 0.05) is 36.8 Å². The molecule has 1 aliphatic carbocycles. The van der Waals surface area contributed by atoms with E-state index in [4.69, 9.17) is 14.5 Å². The molecule has 0 radical (unpaired) electrons. The molecule has 2 aliphatic rings. The van der Waals surface area contributed by atoms with Crippen molar-refractivity contribution in [1.82, 2.24) is 15.0 Å². The monoisotopic (exact) mass is 386 g/mol. The fourth-order valence-electron chi connectivity index (χ4n) is 4.11. The standard InChI is InChI=1S/C21H30N4O3/c1-14(13-26)24-21-23-12-18-19(25-21)17(15-5-3-2-4-6-15)11-22-20(18)28-16-7-9-27-10-8-16/h11-12,14-16,26H,2-10,13H2,1H3,(H,23,24,25). The Morgan fingerprint density at radius 1 is 1.14 bits per heavy atom. The van der Waals surface area contributed by atoms with Gasteiger partial charge < -0.3 is 19.9 Å². The van der Waals surface area contributed by atoms with Crippen LogP contribution in [-0.4, -0.2) is 52.0 Å². The first-order valence-electron chi connectivity index (χ1n) is 10.5. The summed E-state index contributed by atoms with van der Waals surface area (Å²) in [5, 5.41) is 13.4. The van der Waals surface area contributed by atoms with Crippen molar-refractivity contribution in [2.75, 3.05) is 25.1 Å². The summed E-state index contributed by atoms with van der Waals surface area (Å²) in [6.45, 7) is 3.39. The third-order valence-corrected chi connectivity index (χ3v) is 5.75. The number of nitrogens with zero attached hydrogens (tertiary/aromatic N) is 3. The second-order valence-corrected chi connectivity index (χ2v) is 7.97. The smallest absolute Gasteiger partial charge is 0.224 e. The summed E-state index contributed by atoms with van der Waals surface area (Å²) in [6.07, 6.45) is 11.8. The number of hydrogen-bond donors (Lipinski definition) is 2. The molecular weight excluding hydrogens is 356 g/mol. The number of nitrogens with one attached hydrogen (secondary N) is 1. The highest BCUT2D eigenvalue weighted by atomic mass is 16.5. The van der Waals surface area contributed by atoms with Crippen molar-refractivity contribution in [3.05, 3.63) is 18.0 Å². The lowest BCUT2D eigenvalue weighted by atomic mass is 9.84. The Morgan fingerprint density at radius 2 is 1.93 bits per heavy atom. The zero-order valence-electron chi connectivity index (χ0n) is 16.6. The first-order chi connectivity index (χ1) is 13.7. The minimum Gasteiger partial charge on any atom is -0.474 e. The molecule has 0 spiro atoms. The molecule has 0 aromatic carbocycles. The molecular formula is C21H30N4O3. The topological polar surface area (TPSA) is 89.4 Å². The van der Waals surface area contributed by atoms with Crippen LogP contribution >= 0.6 is 0 Å². The fraction of sp³-hybridized carbons (Fsp3) is 0.667. The van der Waals surface area contributed by atoms with Crippen LogP contribution in [0.25, 0.3) is 10.9 Å². The number of aliphatic hydroxyl groups excluding tert-OH is 1.